The number of anilines is 2. The van der Waals surface area contributed by atoms with Gasteiger partial charge in [-0.05, 0) is 0 Å². The van der Waals surface area contributed by atoms with Crippen molar-refractivity contribution in [2.75, 3.05) is 10.8 Å². The number of hydrogen-bond acceptors (Lipinski definition) is 5. The Morgan fingerprint density at radius 3 is 2.47 bits per heavy atom. The smallest absolute Gasteiger partial charge is 0.324 e. The molecule has 1 aliphatic heterocycles. The molecule has 2 rings (SSSR count). The fourth-order valence-corrected chi connectivity index (χ4v) is 1.30. The number of rotatable bonds is 0. The van der Waals surface area contributed by atoms with Crippen molar-refractivity contribution in [2.24, 2.45) is 14.1 Å². The van der Waals surface area contributed by atoms with E-state index in [2.05, 4.69) is 15.6 Å². The molecule has 1 aliphatic rings. The van der Waals surface area contributed by atoms with Gasteiger partial charge in [0, 0.05) is 14.1 Å². The van der Waals surface area contributed by atoms with Gasteiger partial charge in [-0.3, -0.25) is 19.2 Å². The molecule has 0 unspecified atom stereocenters. The van der Waals surface area contributed by atoms with E-state index < -0.39 is 17.3 Å². The van der Waals surface area contributed by atoms with Gasteiger partial charge < -0.3 is 4.84 Å². The summed E-state index contributed by atoms with van der Waals surface area (Å²) in [6, 6.07) is 0. The molecule has 2 heterocycles. The first-order valence-corrected chi connectivity index (χ1v) is 4.06. The highest BCUT2D eigenvalue weighted by Gasteiger charge is 2.23. The third kappa shape index (κ3) is 1.18. The van der Waals surface area contributed by atoms with Crippen LogP contribution in [-0.4, -0.2) is 15.2 Å². The Labute approximate surface area is 83.0 Å². The molecule has 0 atom stereocenters. The summed E-state index contributed by atoms with van der Waals surface area (Å²) >= 11 is 0. The van der Waals surface area contributed by atoms with Gasteiger partial charge in [-0.25, -0.2) is 15.1 Å². The fourth-order valence-electron chi connectivity index (χ4n) is 1.30. The normalized spacial score (nSPS) is 13.6. The average molecular weight is 212 g/mol. The Morgan fingerprint density at radius 1 is 1.13 bits per heavy atom. The second-order valence-corrected chi connectivity index (χ2v) is 3.05. The monoisotopic (exact) mass is 212 g/mol. The van der Waals surface area contributed by atoms with Crippen LogP contribution in [0.25, 0.3) is 0 Å². The third-order valence-corrected chi connectivity index (χ3v) is 2.13. The molecule has 15 heavy (non-hydrogen) atoms. The van der Waals surface area contributed by atoms with Crippen LogP contribution >= 0.6 is 0 Å². The molecular weight excluding hydrogens is 204 g/mol. The van der Waals surface area contributed by atoms with Crippen molar-refractivity contribution in [1.82, 2.24) is 9.13 Å². The number of aromatic nitrogens is 2. The maximum Gasteiger partial charge on any atom is 0.437 e. The van der Waals surface area contributed by atoms with Gasteiger partial charge in [0.1, 0.15) is 0 Å². The molecule has 0 saturated carbocycles. The molecule has 0 radical (unpaired) electrons. The first-order valence-electron chi connectivity index (χ1n) is 4.06. The predicted octanol–water partition coefficient (Wildman–Crippen LogP) is -1.03. The Balaban J connectivity index is 2.83. The Hall–Kier alpha value is -2.25. The zero-order valence-corrected chi connectivity index (χ0v) is 8.03. The Morgan fingerprint density at radius 2 is 1.80 bits per heavy atom. The van der Waals surface area contributed by atoms with Gasteiger partial charge in [0.25, 0.3) is 5.56 Å². The van der Waals surface area contributed by atoms with Gasteiger partial charge in [-0.2, -0.15) is 0 Å². The average Bonchev–Trinajstić information content (AvgIpc) is 2.23. The molecule has 1 aromatic rings. The minimum absolute atomic E-state index is 0.0270. The summed E-state index contributed by atoms with van der Waals surface area (Å²) in [5.74, 6) is 0.0966. The van der Waals surface area contributed by atoms with Crippen molar-refractivity contribution in [3.05, 3.63) is 20.8 Å². The molecule has 0 aliphatic carbocycles. The van der Waals surface area contributed by atoms with Crippen LogP contribution in [0.1, 0.15) is 0 Å². The minimum atomic E-state index is -0.772. The number of nitrogens with zero attached hydrogens (tertiary/aromatic N) is 2. The van der Waals surface area contributed by atoms with Gasteiger partial charge in [-0.1, -0.05) is 0 Å². The van der Waals surface area contributed by atoms with Crippen LogP contribution in [-0.2, 0) is 18.9 Å². The maximum absolute atomic E-state index is 11.5. The number of carbonyl (C=O) groups excluding carboxylic acids is 1. The predicted molar refractivity (Wildman–Crippen MR) is 50.7 cm³/mol. The van der Waals surface area contributed by atoms with Crippen molar-refractivity contribution in [1.29, 1.82) is 0 Å². The van der Waals surface area contributed by atoms with Gasteiger partial charge >= 0.3 is 11.8 Å². The number of carbonyl (C=O) groups is 1. The van der Waals surface area contributed by atoms with Crippen molar-refractivity contribution < 1.29 is 9.63 Å². The molecule has 1 amide bonds. The standard InChI is InChI=1S/C7H8N4O4/c1-10-4-3(9-15-6(13)8-4)5(12)11(2)7(10)14/h9H,1-2H3,(H,8,13). The highest BCUT2D eigenvalue weighted by Crippen LogP contribution is 2.17. The second-order valence-electron chi connectivity index (χ2n) is 3.05. The zero-order valence-electron chi connectivity index (χ0n) is 8.03. The Bertz CT molecular complexity index is 555. The molecule has 2 N–H and O–H groups in total. The van der Waals surface area contributed by atoms with Crippen LogP contribution in [0.2, 0.25) is 0 Å². The summed E-state index contributed by atoms with van der Waals surface area (Å²) in [5, 5.41) is 2.26. The highest BCUT2D eigenvalue weighted by atomic mass is 16.7. The summed E-state index contributed by atoms with van der Waals surface area (Å²) in [5.41, 5.74) is 1.12. The second kappa shape index (κ2) is 2.87. The summed E-state index contributed by atoms with van der Waals surface area (Å²) < 4.78 is 2.05. The van der Waals surface area contributed by atoms with E-state index in [4.69, 9.17) is 0 Å². The molecule has 0 fully saturated rings. The van der Waals surface area contributed by atoms with Crippen LogP contribution in [0.4, 0.5) is 16.3 Å². The number of amides is 1. The minimum Gasteiger partial charge on any atom is -0.324 e. The van der Waals surface area contributed by atoms with Gasteiger partial charge in [0.05, 0.1) is 0 Å². The van der Waals surface area contributed by atoms with E-state index in [1.807, 2.05) is 0 Å². The summed E-state index contributed by atoms with van der Waals surface area (Å²) in [6.45, 7) is 0. The molecular formula is C7H8N4O4. The number of nitrogens with one attached hydrogen (secondary N) is 2. The number of fused-ring (bicyclic) bond motifs is 1. The lowest BCUT2D eigenvalue weighted by Gasteiger charge is -2.20. The van der Waals surface area contributed by atoms with E-state index in [0.717, 1.165) is 9.13 Å². The Kier molecular flexibility index (Phi) is 1.78. The third-order valence-electron chi connectivity index (χ3n) is 2.13. The van der Waals surface area contributed by atoms with Crippen molar-refractivity contribution in [2.45, 2.75) is 0 Å². The van der Waals surface area contributed by atoms with E-state index in [1.54, 1.807) is 0 Å². The molecule has 8 heteroatoms. The van der Waals surface area contributed by atoms with Crippen LogP contribution in [0.5, 0.6) is 0 Å². The van der Waals surface area contributed by atoms with Crippen LogP contribution in [0.3, 0.4) is 0 Å². The van der Waals surface area contributed by atoms with Crippen molar-refractivity contribution in [3.8, 4) is 0 Å². The molecule has 0 aromatic carbocycles. The van der Waals surface area contributed by atoms with Crippen molar-refractivity contribution >= 4 is 17.6 Å². The van der Waals surface area contributed by atoms with Crippen molar-refractivity contribution in [3.63, 3.8) is 0 Å². The molecule has 80 valence electrons. The lowest BCUT2D eigenvalue weighted by molar-refractivity contribution is 0.182. The highest BCUT2D eigenvalue weighted by molar-refractivity contribution is 5.90. The van der Waals surface area contributed by atoms with Gasteiger partial charge in [0.2, 0.25) is 0 Å². The van der Waals surface area contributed by atoms with E-state index in [-0.39, 0.29) is 11.5 Å². The van der Waals surface area contributed by atoms with Crippen LogP contribution in [0, 0.1) is 0 Å². The summed E-state index contributed by atoms with van der Waals surface area (Å²) in [7, 11) is 2.77. The molecule has 1 aromatic heterocycles. The maximum atomic E-state index is 11.5. The quantitative estimate of drug-likeness (QED) is 0.573. The summed E-state index contributed by atoms with van der Waals surface area (Å²) in [6.07, 6.45) is -0.772. The molecule has 8 nitrogen and oxygen atoms in total. The number of hydrogen-bond donors (Lipinski definition) is 2. The lowest BCUT2D eigenvalue weighted by atomic mass is 10.4. The van der Waals surface area contributed by atoms with E-state index in [9.17, 15) is 14.4 Å². The van der Waals surface area contributed by atoms with Gasteiger partial charge in [-0.15, -0.1) is 0 Å². The molecule has 0 spiro atoms. The van der Waals surface area contributed by atoms with E-state index in [0.29, 0.717) is 0 Å². The molecule has 0 bridgehead atoms. The zero-order chi connectivity index (χ0) is 11.2. The first-order chi connectivity index (χ1) is 7.02. The van der Waals surface area contributed by atoms with Crippen LogP contribution < -0.4 is 22.0 Å². The topological polar surface area (TPSA) is 94.4 Å². The fraction of sp³-hybridized carbons (Fsp3) is 0.286. The molecule has 0 saturated heterocycles. The first kappa shape index (κ1) is 9.31. The SMILES string of the molecule is Cn1c2c(c(=O)n(C)c1=O)NOC(=O)N2. The lowest BCUT2D eigenvalue weighted by Crippen LogP contribution is -2.42. The van der Waals surface area contributed by atoms with Crippen LogP contribution in [0.15, 0.2) is 9.59 Å². The van der Waals surface area contributed by atoms with Gasteiger partial charge in [0.15, 0.2) is 11.5 Å². The van der Waals surface area contributed by atoms with E-state index >= 15 is 0 Å². The summed E-state index contributed by atoms with van der Waals surface area (Å²) in [4.78, 5) is 38.3. The van der Waals surface area contributed by atoms with E-state index in [1.165, 1.54) is 14.1 Å². The largest absolute Gasteiger partial charge is 0.437 e.